The van der Waals surface area contributed by atoms with Crippen LogP contribution in [-0.2, 0) is 7.05 Å². The van der Waals surface area contributed by atoms with Crippen LogP contribution in [0.1, 0.15) is 28.9 Å². The van der Waals surface area contributed by atoms with E-state index in [9.17, 15) is 10.1 Å². The molecular formula is C20H20N6O. The number of aromatic nitrogens is 3. The van der Waals surface area contributed by atoms with Crippen LogP contribution in [0, 0.1) is 11.3 Å². The summed E-state index contributed by atoms with van der Waals surface area (Å²) in [6.07, 6.45) is 3.36. The van der Waals surface area contributed by atoms with Gasteiger partial charge in [0.25, 0.3) is 5.91 Å². The molecule has 1 aliphatic heterocycles. The predicted octanol–water partition coefficient (Wildman–Crippen LogP) is 2.24. The van der Waals surface area contributed by atoms with Gasteiger partial charge < -0.3 is 10.2 Å². The molecule has 0 saturated carbocycles. The number of para-hydroxylation sites is 1. The Labute approximate surface area is 157 Å². The molecule has 0 unspecified atom stereocenters. The lowest BCUT2D eigenvalue weighted by Gasteiger charge is -2.33. The highest BCUT2D eigenvalue weighted by molar-refractivity contribution is 5.92. The van der Waals surface area contributed by atoms with Crippen molar-refractivity contribution in [3.8, 4) is 6.07 Å². The molecule has 7 heteroatoms. The number of carbonyl (C=O) groups is 1. The van der Waals surface area contributed by atoms with E-state index in [2.05, 4.69) is 21.4 Å². The summed E-state index contributed by atoms with van der Waals surface area (Å²) in [5.41, 5.74) is 1.91. The highest BCUT2D eigenvalue weighted by Crippen LogP contribution is 2.25. The Balaban J connectivity index is 1.45. The second-order valence-corrected chi connectivity index (χ2v) is 6.77. The molecule has 7 nitrogen and oxygen atoms in total. The van der Waals surface area contributed by atoms with Crippen LogP contribution in [0.15, 0.2) is 42.6 Å². The molecule has 0 spiro atoms. The van der Waals surface area contributed by atoms with Gasteiger partial charge in [-0.2, -0.15) is 10.4 Å². The Morgan fingerprint density at radius 2 is 2.04 bits per heavy atom. The quantitative estimate of drug-likeness (QED) is 0.774. The number of nitrogens with one attached hydrogen (secondary N) is 1. The zero-order chi connectivity index (χ0) is 18.8. The van der Waals surface area contributed by atoms with Gasteiger partial charge >= 0.3 is 0 Å². The lowest BCUT2D eigenvalue weighted by Crippen LogP contribution is -2.45. The highest BCUT2D eigenvalue weighted by atomic mass is 16.2. The fourth-order valence-corrected chi connectivity index (χ4v) is 3.46. The summed E-state index contributed by atoms with van der Waals surface area (Å²) in [6, 6.07) is 13.8. The van der Waals surface area contributed by atoms with E-state index in [0.29, 0.717) is 11.3 Å². The van der Waals surface area contributed by atoms with Crippen molar-refractivity contribution in [1.82, 2.24) is 20.1 Å². The monoisotopic (exact) mass is 360 g/mol. The average Bonchev–Trinajstić information content (AvgIpc) is 3.14. The van der Waals surface area contributed by atoms with Gasteiger partial charge in [-0.05, 0) is 31.0 Å². The summed E-state index contributed by atoms with van der Waals surface area (Å²) >= 11 is 0. The number of hydrogen-bond donors (Lipinski definition) is 1. The van der Waals surface area contributed by atoms with Crippen molar-refractivity contribution in [2.75, 3.05) is 18.0 Å². The molecule has 3 aromatic rings. The molecule has 0 atom stereocenters. The molecule has 0 aliphatic carbocycles. The smallest absolute Gasteiger partial charge is 0.271 e. The Kier molecular flexibility index (Phi) is 4.47. The molecule has 0 bridgehead atoms. The largest absolute Gasteiger partial charge is 0.355 e. The molecule has 1 aliphatic rings. The average molecular weight is 360 g/mol. The maximum atomic E-state index is 12.3. The van der Waals surface area contributed by atoms with E-state index >= 15 is 0 Å². The fourth-order valence-electron chi connectivity index (χ4n) is 3.46. The summed E-state index contributed by atoms with van der Waals surface area (Å²) < 4.78 is 1.62. The predicted molar refractivity (Wildman–Crippen MR) is 102 cm³/mol. The van der Waals surface area contributed by atoms with Crippen LogP contribution in [0.4, 0.5) is 5.82 Å². The number of nitriles is 1. The SMILES string of the molecule is Cn1ccc(C(=O)NC2CCN(c3nc4ccccc4cc3C#N)CC2)n1. The maximum Gasteiger partial charge on any atom is 0.271 e. The van der Waals surface area contributed by atoms with Crippen molar-refractivity contribution in [3.63, 3.8) is 0 Å². The van der Waals surface area contributed by atoms with Gasteiger partial charge in [0.05, 0.1) is 11.1 Å². The Morgan fingerprint density at radius 3 is 2.74 bits per heavy atom. The number of aryl methyl sites for hydroxylation is 1. The van der Waals surface area contributed by atoms with E-state index < -0.39 is 0 Å². The van der Waals surface area contributed by atoms with Crippen LogP contribution in [0.3, 0.4) is 0 Å². The molecule has 1 amide bonds. The van der Waals surface area contributed by atoms with Crippen molar-refractivity contribution in [1.29, 1.82) is 5.26 Å². The molecule has 1 aromatic carbocycles. The van der Waals surface area contributed by atoms with Gasteiger partial charge in [0.15, 0.2) is 0 Å². The van der Waals surface area contributed by atoms with Gasteiger partial charge in [0.1, 0.15) is 17.6 Å². The van der Waals surface area contributed by atoms with Gasteiger partial charge in [-0.3, -0.25) is 9.48 Å². The molecule has 3 heterocycles. The summed E-state index contributed by atoms with van der Waals surface area (Å²) in [6.45, 7) is 1.49. The van der Waals surface area contributed by atoms with Crippen LogP contribution in [0.5, 0.6) is 0 Å². The van der Waals surface area contributed by atoms with Crippen LogP contribution < -0.4 is 10.2 Å². The number of pyridine rings is 1. The van der Waals surface area contributed by atoms with Crippen molar-refractivity contribution in [2.45, 2.75) is 18.9 Å². The zero-order valence-electron chi connectivity index (χ0n) is 15.1. The lowest BCUT2D eigenvalue weighted by molar-refractivity contribution is 0.0925. The number of piperidine rings is 1. The summed E-state index contributed by atoms with van der Waals surface area (Å²) in [5, 5.41) is 17.7. The van der Waals surface area contributed by atoms with Crippen LogP contribution in [0.2, 0.25) is 0 Å². The molecule has 136 valence electrons. The standard InChI is InChI=1S/C20H20N6O/c1-25-9-8-18(24-25)20(27)22-16-6-10-26(11-7-16)19-15(13-21)12-14-4-2-3-5-17(14)23-19/h2-5,8-9,12,16H,6-7,10-11H2,1H3,(H,22,27). The Morgan fingerprint density at radius 1 is 1.26 bits per heavy atom. The van der Waals surface area contributed by atoms with Gasteiger partial charge in [-0.1, -0.05) is 18.2 Å². The first-order valence-electron chi connectivity index (χ1n) is 8.99. The number of fused-ring (bicyclic) bond motifs is 1. The highest BCUT2D eigenvalue weighted by Gasteiger charge is 2.24. The van der Waals surface area contributed by atoms with Crippen molar-refractivity contribution >= 4 is 22.6 Å². The topological polar surface area (TPSA) is 86.8 Å². The molecular weight excluding hydrogens is 340 g/mol. The normalized spacial score (nSPS) is 14.9. The second kappa shape index (κ2) is 7.08. The van der Waals surface area contributed by atoms with E-state index in [-0.39, 0.29) is 11.9 Å². The van der Waals surface area contributed by atoms with Crippen molar-refractivity contribution in [2.24, 2.45) is 7.05 Å². The number of carbonyl (C=O) groups excluding carboxylic acids is 1. The van der Waals surface area contributed by atoms with Gasteiger partial charge in [0, 0.05) is 37.8 Å². The number of rotatable bonds is 3. The maximum absolute atomic E-state index is 12.3. The first kappa shape index (κ1) is 17.0. The fraction of sp³-hybridized carbons (Fsp3) is 0.300. The second-order valence-electron chi connectivity index (χ2n) is 6.77. The van der Waals surface area contributed by atoms with Gasteiger partial charge in [-0.25, -0.2) is 4.98 Å². The molecule has 1 fully saturated rings. The number of anilines is 1. The van der Waals surface area contributed by atoms with Crippen LogP contribution >= 0.6 is 0 Å². The van der Waals surface area contributed by atoms with Crippen LogP contribution in [-0.4, -0.2) is 39.8 Å². The Bertz CT molecular complexity index is 1030. The minimum absolute atomic E-state index is 0.0988. The molecule has 1 N–H and O–H groups in total. The minimum Gasteiger partial charge on any atom is -0.355 e. The minimum atomic E-state index is -0.143. The van der Waals surface area contributed by atoms with E-state index in [1.807, 2.05) is 30.3 Å². The van der Waals surface area contributed by atoms with Crippen molar-refractivity contribution < 1.29 is 4.79 Å². The first-order chi connectivity index (χ1) is 13.1. The zero-order valence-corrected chi connectivity index (χ0v) is 15.1. The molecule has 0 radical (unpaired) electrons. The van der Waals surface area contributed by atoms with Crippen molar-refractivity contribution in [3.05, 3.63) is 53.9 Å². The summed E-state index contributed by atoms with van der Waals surface area (Å²) in [5.74, 6) is 0.585. The molecule has 1 saturated heterocycles. The molecule has 27 heavy (non-hydrogen) atoms. The third-order valence-corrected chi connectivity index (χ3v) is 4.90. The molecule has 2 aromatic heterocycles. The van der Waals surface area contributed by atoms with E-state index in [4.69, 9.17) is 4.98 Å². The molecule has 4 rings (SSSR count). The third-order valence-electron chi connectivity index (χ3n) is 4.90. The van der Waals surface area contributed by atoms with E-state index in [0.717, 1.165) is 42.7 Å². The Hall–Kier alpha value is -3.40. The summed E-state index contributed by atoms with van der Waals surface area (Å²) in [7, 11) is 1.79. The number of hydrogen-bond acceptors (Lipinski definition) is 5. The lowest BCUT2D eigenvalue weighted by atomic mass is 10.0. The third kappa shape index (κ3) is 3.47. The van der Waals surface area contributed by atoms with Gasteiger partial charge in [-0.15, -0.1) is 0 Å². The summed E-state index contributed by atoms with van der Waals surface area (Å²) in [4.78, 5) is 19.1. The van der Waals surface area contributed by atoms with Gasteiger partial charge in [0.2, 0.25) is 0 Å². The number of amides is 1. The first-order valence-corrected chi connectivity index (χ1v) is 8.99. The van der Waals surface area contributed by atoms with E-state index in [1.54, 1.807) is 24.0 Å². The number of nitrogens with zero attached hydrogens (tertiary/aromatic N) is 5. The van der Waals surface area contributed by atoms with E-state index in [1.165, 1.54) is 0 Å². The number of benzene rings is 1. The van der Waals surface area contributed by atoms with Crippen LogP contribution in [0.25, 0.3) is 10.9 Å².